The molecule has 0 radical (unpaired) electrons. The molecule has 0 aliphatic carbocycles. The van der Waals surface area contributed by atoms with Crippen LogP contribution in [-0.2, 0) is 0 Å². The summed E-state index contributed by atoms with van der Waals surface area (Å²) in [4.78, 5) is 16.0. The highest BCUT2D eigenvalue weighted by molar-refractivity contribution is 5.74. The van der Waals surface area contributed by atoms with Crippen LogP contribution >= 0.6 is 0 Å². The zero-order valence-electron chi connectivity index (χ0n) is 10.0. The lowest BCUT2D eigenvalue weighted by atomic mass is 10.2. The molecule has 0 aliphatic heterocycles. The van der Waals surface area contributed by atoms with Crippen LogP contribution in [0.4, 0.5) is 0 Å². The van der Waals surface area contributed by atoms with E-state index in [1.54, 1.807) is 18.3 Å². The first-order valence-electron chi connectivity index (χ1n) is 6.03. The summed E-state index contributed by atoms with van der Waals surface area (Å²) in [5, 5.41) is 0.968. The van der Waals surface area contributed by atoms with E-state index in [4.69, 9.17) is 0 Å². The monoisotopic (exact) mass is 231 g/mol. The van der Waals surface area contributed by atoms with E-state index in [0.717, 1.165) is 18.4 Å². The van der Waals surface area contributed by atoms with Crippen LogP contribution in [-0.4, -0.2) is 16.2 Å². The zero-order chi connectivity index (χ0) is 12.1. The van der Waals surface area contributed by atoms with E-state index in [-0.39, 0.29) is 5.56 Å². The van der Waals surface area contributed by atoms with E-state index in [1.807, 2.05) is 12.1 Å². The molecule has 0 aromatic carbocycles. The number of rotatable bonds is 5. The summed E-state index contributed by atoms with van der Waals surface area (Å²) >= 11 is 0. The summed E-state index contributed by atoms with van der Waals surface area (Å²) in [7, 11) is 0. The molecule has 0 fully saturated rings. The Morgan fingerprint density at radius 2 is 2.18 bits per heavy atom. The molecule has 2 heterocycles. The summed E-state index contributed by atoms with van der Waals surface area (Å²) in [6, 6.07) is 7.19. The maximum absolute atomic E-state index is 11.8. The van der Waals surface area contributed by atoms with E-state index in [2.05, 4.69) is 17.3 Å². The topological polar surface area (TPSA) is 46.9 Å². The second-order valence-corrected chi connectivity index (χ2v) is 4.04. The van der Waals surface area contributed by atoms with Crippen molar-refractivity contribution in [3.05, 3.63) is 40.8 Å². The molecule has 17 heavy (non-hydrogen) atoms. The fourth-order valence-corrected chi connectivity index (χ4v) is 1.78. The maximum Gasteiger partial charge on any atom is 0.270 e. The Morgan fingerprint density at radius 3 is 3.00 bits per heavy atom. The molecule has 0 aliphatic rings. The van der Waals surface area contributed by atoms with Gasteiger partial charge in [0, 0.05) is 24.2 Å². The van der Waals surface area contributed by atoms with Gasteiger partial charge in [0.15, 0.2) is 5.65 Å². The summed E-state index contributed by atoms with van der Waals surface area (Å²) in [6.07, 6.45) is 5.10. The third-order valence-electron chi connectivity index (χ3n) is 2.70. The maximum atomic E-state index is 11.8. The van der Waals surface area contributed by atoms with Gasteiger partial charge in [-0.15, -0.1) is 0 Å². The van der Waals surface area contributed by atoms with Crippen molar-refractivity contribution in [1.82, 2.24) is 9.66 Å². The van der Waals surface area contributed by atoms with Gasteiger partial charge in [-0.3, -0.25) is 4.79 Å². The Balaban J connectivity index is 2.25. The highest BCUT2D eigenvalue weighted by Gasteiger charge is 2.02. The van der Waals surface area contributed by atoms with Crippen molar-refractivity contribution in [3.63, 3.8) is 0 Å². The van der Waals surface area contributed by atoms with Crippen LogP contribution in [0.5, 0.6) is 0 Å². The van der Waals surface area contributed by atoms with Crippen LogP contribution < -0.4 is 11.0 Å². The number of hydrogen-bond acceptors (Lipinski definition) is 3. The molecule has 2 aromatic heterocycles. The van der Waals surface area contributed by atoms with Crippen LogP contribution in [0.25, 0.3) is 11.0 Å². The van der Waals surface area contributed by atoms with Gasteiger partial charge in [0.1, 0.15) is 0 Å². The van der Waals surface area contributed by atoms with Gasteiger partial charge in [-0.1, -0.05) is 19.8 Å². The van der Waals surface area contributed by atoms with Gasteiger partial charge in [0.2, 0.25) is 0 Å². The minimum Gasteiger partial charge on any atom is -0.321 e. The molecule has 0 spiro atoms. The van der Waals surface area contributed by atoms with Gasteiger partial charge in [-0.05, 0) is 24.6 Å². The normalized spacial score (nSPS) is 10.6. The molecule has 0 saturated carbocycles. The van der Waals surface area contributed by atoms with Crippen LogP contribution in [0.15, 0.2) is 35.3 Å². The number of nitrogens with zero attached hydrogens (tertiary/aromatic N) is 2. The third-order valence-corrected chi connectivity index (χ3v) is 2.70. The highest BCUT2D eigenvalue weighted by Crippen LogP contribution is 2.06. The molecule has 0 amide bonds. The fourth-order valence-electron chi connectivity index (χ4n) is 1.78. The van der Waals surface area contributed by atoms with Crippen molar-refractivity contribution in [2.24, 2.45) is 0 Å². The summed E-state index contributed by atoms with van der Waals surface area (Å²) < 4.78 is 1.53. The number of nitrogens with one attached hydrogen (secondary N) is 1. The van der Waals surface area contributed by atoms with Crippen molar-refractivity contribution in [2.75, 3.05) is 12.0 Å². The van der Waals surface area contributed by atoms with Gasteiger partial charge < -0.3 is 5.43 Å². The van der Waals surface area contributed by atoms with Gasteiger partial charge in [-0.2, -0.15) is 0 Å². The lowest BCUT2D eigenvalue weighted by Gasteiger charge is -2.11. The summed E-state index contributed by atoms with van der Waals surface area (Å²) in [5.74, 6) is 0. The first-order valence-corrected chi connectivity index (χ1v) is 6.03. The van der Waals surface area contributed by atoms with Crippen LogP contribution in [0.1, 0.15) is 26.2 Å². The number of pyridine rings is 2. The van der Waals surface area contributed by atoms with Crippen LogP contribution in [0.2, 0.25) is 0 Å². The quantitative estimate of drug-likeness (QED) is 0.802. The van der Waals surface area contributed by atoms with Crippen molar-refractivity contribution < 1.29 is 0 Å². The first kappa shape index (κ1) is 11.6. The Hall–Kier alpha value is -1.84. The molecule has 0 saturated heterocycles. The molecule has 1 N–H and O–H groups in total. The first-order chi connectivity index (χ1) is 8.33. The molecule has 2 rings (SSSR count). The second-order valence-electron chi connectivity index (χ2n) is 4.04. The van der Waals surface area contributed by atoms with Gasteiger partial charge in [-0.25, -0.2) is 9.66 Å². The number of fused-ring (bicyclic) bond motifs is 1. The average molecular weight is 231 g/mol. The predicted octanol–water partition coefficient (Wildman–Crippen LogP) is 2.13. The zero-order valence-corrected chi connectivity index (χ0v) is 10.0. The third kappa shape index (κ3) is 2.64. The van der Waals surface area contributed by atoms with Crippen molar-refractivity contribution in [3.8, 4) is 0 Å². The van der Waals surface area contributed by atoms with E-state index in [9.17, 15) is 4.79 Å². The van der Waals surface area contributed by atoms with Crippen LogP contribution in [0.3, 0.4) is 0 Å². The molecule has 90 valence electrons. The largest absolute Gasteiger partial charge is 0.321 e. The van der Waals surface area contributed by atoms with Gasteiger partial charge in [0.05, 0.1) is 0 Å². The Bertz CT molecular complexity index is 548. The Kier molecular flexibility index (Phi) is 3.75. The van der Waals surface area contributed by atoms with Gasteiger partial charge in [0.25, 0.3) is 5.56 Å². The van der Waals surface area contributed by atoms with Crippen molar-refractivity contribution in [2.45, 2.75) is 26.2 Å². The molecule has 4 heteroatoms. The lowest BCUT2D eigenvalue weighted by Crippen LogP contribution is -2.29. The van der Waals surface area contributed by atoms with E-state index in [0.29, 0.717) is 5.65 Å². The highest BCUT2D eigenvalue weighted by atomic mass is 16.1. The van der Waals surface area contributed by atoms with E-state index in [1.165, 1.54) is 17.5 Å². The summed E-state index contributed by atoms with van der Waals surface area (Å²) in [5.41, 5.74) is 3.76. The predicted molar refractivity (Wildman–Crippen MR) is 69.8 cm³/mol. The van der Waals surface area contributed by atoms with Gasteiger partial charge >= 0.3 is 0 Å². The standard InChI is InChI=1S/C13H17N3O/c1-2-3-4-10-15-16-12(17)8-7-11-6-5-9-14-13(11)16/h5-9,15H,2-4,10H2,1H3. The van der Waals surface area contributed by atoms with E-state index >= 15 is 0 Å². The second kappa shape index (κ2) is 5.48. The molecule has 0 unspecified atom stereocenters. The Morgan fingerprint density at radius 1 is 1.29 bits per heavy atom. The number of unbranched alkanes of at least 4 members (excludes halogenated alkanes) is 2. The molecule has 2 aromatic rings. The lowest BCUT2D eigenvalue weighted by molar-refractivity contribution is 0.699. The number of hydrogen-bond donors (Lipinski definition) is 1. The molecule has 4 nitrogen and oxygen atoms in total. The Labute approximate surface area is 100 Å². The minimum atomic E-state index is -0.0623. The van der Waals surface area contributed by atoms with E-state index < -0.39 is 0 Å². The molecular weight excluding hydrogens is 214 g/mol. The van der Waals surface area contributed by atoms with Crippen molar-refractivity contribution in [1.29, 1.82) is 0 Å². The SMILES string of the molecule is CCCCCNn1c(=O)ccc2cccnc21. The summed E-state index contributed by atoms with van der Waals surface area (Å²) in [6.45, 7) is 2.95. The average Bonchev–Trinajstić information content (AvgIpc) is 2.37. The number of aromatic nitrogens is 2. The van der Waals surface area contributed by atoms with Crippen molar-refractivity contribution >= 4 is 11.0 Å². The molecular formula is C13H17N3O. The minimum absolute atomic E-state index is 0.0623. The smallest absolute Gasteiger partial charge is 0.270 e. The van der Waals surface area contributed by atoms with Crippen LogP contribution in [0, 0.1) is 0 Å². The molecule has 0 atom stereocenters. The fraction of sp³-hybridized carbons (Fsp3) is 0.385. The molecule has 0 bridgehead atoms.